The van der Waals surface area contributed by atoms with E-state index in [1.807, 2.05) is 0 Å². The first-order valence-corrected chi connectivity index (χ1v) is 5.75. The van der Waals surface area contributed by atoms with Crippen molar-refractivity contribution in [2.24, 2.45) is 5.41 Å². The van der Waals surface area contributed by atoms with Crippen molar-refractivity contribution in [3.05, 3.63) is 35.6 Å². The number of ether oxygens (including phenoxy) is 1. The van der Waals surface area contributed by atoms with Crippen LogP contribution in [0.3, 0.4) is 0 Å². The minimum atomic E-state index is -1.01. The van der Waals surface area contributed by atoms with Crippen molar-refractivity contribution in [2.75, 3.05) is 6.61 Å². The summed E-state index contributed by atoms with van der Waals surface area (Å²) < 4.78 is 17.2. The number of carboxylic acids is 1. The van der Waals surface area contributed by atoms with E-state index in [9.17, 15) is 19.1 Å². The Morgan fingerprint density at radius 3 is 2.20 bits per heavy atom. The minimum absolute atomic E-state index is 0. The van der Waals surface area contributed by atoms with Gasteiger partial charge in [-0.2, -0.15) is 0 Å². The SMILES string of the molecule is CC(C)(C)C(=O)[O-].CCOC(=O)c1[c]c(F)ccc1.[Zn]. The van der Waals surface area contributed by atoms with Crippen LogP contribution in [0.15, 0.2) is 18.2 Å². The van der Waals surface area contributed by atoms with Gasteiger partial charge in [-0.05, 0) is 19.1 Å². The molecule has 20 heavy (non-hydrogen) atoms. The summed E-state index contributed by atoms with van der Waals surface area (Å²) in [4.78, 5) is 20.9. The molecule has 1 aromatic carbocycles. The van der Waals surface area contributed by atoms with E-state index in [2.05, 4.69) is 10.8 Å². The fourth-order valence-electron chi connectivity index (χ4n) is 0.769. The molecule has 107 valence electrons. The van der Waals surface area contributed by atoms with Gasteiger partial charge in [0.1, 0.15) is 5.82 Å². The summed E-state index contributed by atoms with van der Waals surface area (Å²) in [6.45, 7) is 6.77. The first kappa shape index (κ1) is 21.0. The maximum absolute atomic E-state index is 12.5. The molecule has 0 aliphatic heterocycles. The van der Waals surface area contributed by atoms with Crippen LogP contribution in [0.5, 0.6) is 0 Å². The molecule has 0 aliphatic carbocycles. The largest absolute Gasteiger partial charge is 0.550 e. The van der Waals surface area contributed by atoms with E-state index in [-0.39, 0.29) is 31.6 Å². The molecule has 0 saturated heterocycles. The molecular formula is C14H17FO4Zn-. The van der Waals surface area contributed by atoms with Gasteiger partial charge in [-0.1, -0.05) is 26.8 Å². The molecule has 6 heteroatoms. The summed E-state index contributed by atoms with van der Waals surface area (Å²) in [5, 5.41) is 9.91. The molecule has 0 amide bonds. The summed E-state index contributed by atoms with van der Waals surface area (Å²) in [7, 11) is 0. The van der Waals surface area contributed by atoms with Crippen molar-refractivity contribution in [2.45, 2.75) is 27.7 Å². The van der Waals surface area contributed by atoms with Gasteiger partial charge in [-0.15, -0.1) is 0 Å². The summed E-state index contributed by atoms with van der Waals surface area (Å²) in [6, 6.07) is 6.38. The van der Waals surface area contributed by atoms with Gasteiger partial charge in [0.05, 0.1) is 12.2 Å². The maximum atomic E-state index is 12.5. The Morgan fingerprint density at radius 2 is 1.85 bits per heavy atom. The zero-order chi connectivity index (χ0) is 15.1. The second kappa shape index (κ2) is 9.59. The number of carbonyl (C=O) groups excluding carboxylic acids is 2. The van der Waals surface area contributed by atoms with Crippen LogP contribution in [0.2, 0.25) is 0 Å². The molecule has 0 heterocycles. The topological polar surface area (TPSA) is 66.4 Å². The van der Waals surface area contributed by atoms with Crippen LogP contribution in [0.1, 0.15) is 38.1 Å². The van der Waals surface area contributed by atoms with Gasteiger partial charge in [0.25, 0.3) is 0 Å². The molecular weight excluding hydrogens is 317 g/mol. The number of benzene rings is 1. The molecule has 1 radical (unpaired) electrons. The minimum Gasteiger partial charge on any atom is -0.550 e. The molecule has 1 rings (SSSR count). The summed E-state index contributed by atoms with van der Waals surface area (Å²) in [6.07, 6.45) is 0. The number of rotatable bonds is 2. The van der Waals surface area contributed by atoms with Crippen LogP contribution in [-0.4, -0.2) is 18.5 Å². The number of halogens is 1. The van der Waals surface area contributed by atoms with Crippen LogP contribution in [0, 0.1) is 17.3 Å². The summed E-state index contributed by atoms with van der Waals surface area (Å²) >= 11 is 0. The number of carboxylic acid groups (broad SMARTS) is 1. The van der Waals surface area contributed by atoms with Crippen LogP contribution in [-0.2, 0) is 29.0 Å². The van der Waals surface area contributed by atoms with Crippen LogP contribution >= 0.6 is 0 Å². The fraction of sp³-hybridized carbons (Fsp3) is 0.429. The molecule has 0 aliphatic rings. The number of esters is 1. The molecule has 4 nitrogen and oxygen atoms in total. The molecule has 0 unspecified atom stereocenters. The second-order valence-electron chi connectivity index (χ2n) is 4.67. The Morgan fingerprint density at radius 1 is 1.35 bits per heavy atom. The molecule has 0 spiro atoms. The van der Waals surface area contributed by atoms with E-state index in [0.29, 0.717) is 0 Å². The predicted molar refractivity (Wildman–Crippen MR) is 65.7 cm³/mol. The zero-order valence-electron chi connectivity index (χ0n) is 12.2. The first-order valence-electron chi connectivity index (χ1n) is 5.75. The zero-order valence-corrected chi connectivity index (χ0v) is 15.1. The molecule has 0 saturated carbocycles. The molecule has 1 aromatic rings. The Kier molecular flexibility index (Phi) is 10.1. The second-order valence-corrected chi connectivity index (χ2v) is 4.67. The fourth-order valence-corrected chi connectivity index (χ4v) is 0.769. The van der Waals surface area contributed by atoms with E-state index in [0.717, 1.165) is 0 Å². The Balaban J connectivity index is 0. The molecule has 0 fully saturated rings. The average molecular weight is 334 g/mol. The van der Waals surface area contributed by atoms with Gasteiger partial charge in [0.15, 0.2) is 0 Å². The number of carbonyl (C=O) groups is 2. The van der Waals surface area contributed by atoms with Gasteiger partial charge in [-0.3, -0.25) is 0 Å². The standard InChI is InChI=1S/C9H8FO2.C5H10O2.Zn/c1-2-12-9(11)7-4-3-5-8(10)6-7;1-5(2,3)4(6)7;/h3-5H,2H2,1H3;1-3H3,(H,6,7);/p-1. The third-order valence-electron chi connectivity index (χ3n) is 1.87. The number of aliphatic carboxylic acids is 1. The third-order valence-corrected chi connectivity index (χ3v) is 1.87. The number of hydrogen-bond acceptors (Lipinski definition) is 4. The Labute approximate surface area is 131 Å². The van der Waals surface area contributed by atoms with Gasteiger partial charge in [0, 0.05) is 36.9 Å². The van der Waals surface area contributed by atoms with Crippen LogP contribution in [0.4, 0.5) is 4.39 Å². The third kappa shape index (κ3) is 8.75. The number of hydrogen-bond donors (Lipinski definition) is 0. The smallest absolute Gasteiger partial charge is 0.338 e. The Bertz CT molecular complexity index is 441. The van der Waals surface area contributed by atoms with Gasteiger partial charge >= 0.3 is 5.97 Å². The average Bonchev–Trinajstić information content (AvgIpc) is 2.29. The van der Waals surface area contributed by atoms with Crippen LogP contribution < -0.4 is 5.11 Å². The monoisotopic (exact) mass is 332 g/mol. The van der Waals surface area contributed by atoms with Crippen molar-refractivity contribution in [1.29, 1.82) is 0 Å². The van der Waals surface area contributed by atoms with Gasteiger partial charge < -0.3 is 14.6 Å². The van der Waals surface area contributed by atoms with E-state index >= 15 is 0 Å². The Hall–Kier alpha value is -1.29. The molecule has 0 bridgehead atoms. The normalized spacial score (nSPS) is 9.65. The van der Waals surface area contributed by atoms with Crippen molar-refractivity contribution in [3.63, 3.8) is 0 Å². The van der Waals surface area contributed by atoms with Crippen molar-refractivity contribution in [1.82, 2.24) is 0 Å². The quantitative estimate of drug-likeness (QED) is 0.609. The van der Waals surface area contributed by atoms with Gasteiger partial charge in [-0.25, -0.2) is 9.18 Å². The van der Waals surface area contributed by atoms with E-state index < -0.39 is 23.2 Å². The van der Waals surface area contributed by atoms with Gasteiger partial charge in [0.2, 0.25) is 0 Å². The summed E-state index contributed by atoms with van der Waals surface area (Å²) in [5.41, 5.74) is -0.572. The molecule has 0 atom stereocenters. The van der Waals surface area contributed by atoms with Crippen LogP contribution in [0.25, 0.3) is 0 Å². The maximum Gasteiger partial charge on any atom is 0.338 e. The van der Waals surface area contributed by atoms with Crippen molar-refractivity contribution in [3.8, 4) is 0 Å². The molecule has 0 aromatic heterocycles. The van der Waals surface area contributed by atoms with E-state index in [4.69, 9.17) is 0 Å². The van der Waals surface area contributed by atoms with Crippen molar-refractivity contribution < 1.29 is 43.3 Å². The predicted octanol–water partition coefficient (Wildman–Crippen LogP) is 1.58. The summed E-state index contributed by atoms with van der Waals surface area (Å²) in [5.74, 6) is -2.11. The van der Waals surface area contributed by atoms with E-state index in [1.165, 1.54) is 18.2 Å². The first-order chi connectivity index (χ1) is 8.68. The van der Waals surface area contributed by atoms with Crippen molar-refractivity contribution >= 4 is 11.9 Å². The van der Waals surface area contributed by atoms with E-state index in [1.54, 1.807) is 27.7 Å². The molecule has 0 N–H and O–H groups in total.